The highest BCUT2D eigenvalue weighted by molar-refractivity contribution is 5.78. The molecule has 4 rings (SSSR count). The zero-order chi connectivity index (χ0) is 35.3. The molecule has 0 aromatic heterocycles. The minimum absolute atomic E-state index is 0. The van der Waals surface area contributed by atoms with Gasteiger partial charge in [0.15, 0.2) is 0 Å². The molecule has 0 heterocycles. The lowest BCUT2D eigenvalue weighted by Crippen LogP contribution is -2.44. The number of carbonyl (C=O) groups excluding carboxylic acids is 3. The first kappa shape index (κ1) is 42.9. The van der Waals surface area contributed by atoms with E-state index in [0.29, 0.717) is 38.0 Å². The Morgan fingerprint density at radius 1 is 0.673 bits per heavy atom. The highest BCUT2D eigenvalue weighted by atomic mass is 16.4. The quantitative estimate of drug-likeness (QED) is 0.166. The Morgan fingerprint density at radius 3 is 1.55 bits per heavy atom. The average molecular weight is 684 g/mol. The lowest BCUT2D eigenvalue weighted by atomic mass is 9.81. The highest BCUT2D eigenvalue weighted by Crippen LogP contribution is 2.29. The fourth-order valence-corrected chi connectivity index (χ4v) is 5.73. The Hall–Kier alpha value is -4.16. The van der Waals surface area contributed by atoms with E-state index in [4.69, 9.17) is 10.8 Å². The molecule has 2 aromatic carbocycles. The van der Waals surface area contributed by atoms with Crippen LogP contribution >= 0.6 is 0 Å². The van der Waals surface area contributed by atoms with E-state index in [2.05, 4.69) is 94.5 Å². The molecule has 49 heavy (non-hydrogen) atoms. The molecule has 2 saturated carbocycles. The molecular formula is C37H61N7O5. The number of urea groups is 2. The van der Waals surface area contributed by atoms with E-state index in [9.17, 15) is 19.2 Å². The number of carboxylic acids is 1. The monoisotopic (exact) mass is 683 g/mol. The van der Waals surface area contributed by atoms with Crippen molar-refractivity contribution in [3.63, 3.8) is 0 Å². The number of rotatable bonds is 10. The van der Waals surface area contributed by atoms with Gasteiger partial charge in [-0.1, -0.05) is 67.1 Å². The lowest BCUT2D eigenvalue weighted by molar-refractivity contribution is -0.143. The molecule has 2 aromatic rings. The zero-order valence-electron chi connectivity index (χ0n) is 29.1. The Bertz CT molecular complexity index is 1240. The van der Waals surface area contributed by atoms with Crippen LogP contribution in [0.3, 0.4) is 0 Å². The van der Waals surface area contributed by atoms with Crippen LogP contribution in [0.5, 0.6) is 0 Å². The van der Waals surface area contributed by atoms with Gasteiger partial charge in [-0.25, -0.2) is 15.0 Å². The second-order valence-electron chi connectivity index (χ2n) is 12.7. The molecular weight excluding hydrogens is 622 g/mol. The molecule has 274 valence electrons. The van der Waals surface area contributed by atoms with Gasteiger partial charge in [0.05, 0.1) is 5.92 Å². The van der Waals surface area contributed by atoms with Crippen LogP contribution < -0.4 is 37.9 Å². The Balaban J connectivity index is 0.000000400. The summed E-state index contributed by atoms with van der Waals surface area (Å²) in [6.45, 7) is 6.66. The lowest BCUT2D eigenvalue weighted by Gasteiger charge is -2.27. The predicted octanol–water partition coefficient (Wildman–Crippen LogP) is 4.75. The first-order valence-corrected chi connectivity index (χ1v) is 17.0. The maximum absolute atomic E-state index is 12.3. The largest absolute Gasteiger partial charge is 0.481 e. The molecule has 12 heteroatoms. The molecule has 0 bridgehead atoms. The van der Waals surface area contributed by atoms with Crippen LogP contribution in [0.25, 0.3) is 0 Å². The summed E-state index contributed by atoms with van der Waals surface area (Å²) in [5.74, 6) is 0.258. The number of hydrogen-bond acceptors (Lipinski definition) is 6. The van der Waals surface area contributed by atoms with Crippen molar-refractivity contribution in [2.24, 2.45) is 29.4 Å². The average Bonchev–Trinajstić information content (AvgIpc) is 3.10. The third-order valence-corrected chi connectivity index (χ3v) is 8.93. The smallest absolute Gasteiger partial charge is 0.329 e. The van der Waals surface area contributed by atoms with Crippen LogP contribution in [0.1, 0.15) is 81.0 Å². The van der Waals surface area contributed by atoms with Gasteiger partial charge in [-0.15, -0.1) is 0 Å². The molecule has 0 atom stereocenters. The summed E-state index contributed by atoms with van der Waals surface area (Å²) in [5, 5.41) is 20.0. The third kappa shape index (κ3) is 17.7. The van der Waals surface area contributed by atoms with Crippen molar-refractivity contribution in [3.05, 3.63) is 70.8 Å². The summed E-state index contributed by atoms with van der Waals surface area (Å²) < 4.78 is 0. The first-order valence-electron chi connectivity index (χ1n) is 17.0. The van der Waals surface area contributed by atoms with Gasteiger partial charge in [0, 0.05) is 46.2 Å². The molecule has 12 nitrogen and oxygen atoms in total. The molecule has 0 aliphatic heterocycles. The van der Waals surface area contributed by atoms with E-state index < -0.39 is 5.97 Å². The van der Waals surface area contributed by atoms with E-state index in [1.54, 1.807) is 14.1 Å². The summed E-state index contributed by atoms with van der Waals surface area (Å²) in [6.07, 6.45) is 6.97. The minimum atomic E-state index is -0.695. The van der Waals surface area contributed by atoms with Crippen molar-refractivity contribution in [3.8, 4) is 0 Å². The minimum Gasteiger partial charge on any atom is -0.481 e. The molecule has 2 fully saturated rings. The van der Waals surface area contributed by atoms with Crippen LogP contribution in [0.2, 0.25) is 0 Å². The predicted molar refractivity (Wildman–Crippen MR) is 195 cm³/mol. The van der Waals surface area contributed by atoms with E-state index in [-0.39, 0.29) is 37.2 Å². The second-order valence-corrected chi connectivity index (χ2v) is 12.7. The van der Waals surface area contributed by atoms with Gasteiger partial charge < -0.3 is 32.1 Å². The third-order valence-electron chi connectivity index (χ3n) is 8.93. The molecule has 9 N–H and O–H groups in total. The van der Waals surface area contributed by atoms with Crippen molar-refractivity contribution in [1.82, 2.24) is 32.1 Å². The number of nitrogens with one attached hydrogen (secondary N) is 6. The molecule has 2 aliphatic carbocycles. The number of aliphatic carboxylic acids is 1. The molecule has 0 unspecified atom stereocenters. The number of hydrogen-bond donors (Lipinski definition) is 8. The van der Waals surface area contributed by atoms with Gasteiger partial charge in [0.1, 0.15) is 0 Å². The second kappa shape index (κ2) is 24.0. The van der Waals surface area contributed by atoms with Crippen molar-refractivity contribution in [2.75, 3.05) is 27.2 Å². The van der Waals surface area contributed by atoms with Crippen LogP contribution in [0.15, 0.2) is 48.5 Å². The molecule has 5 amide bonds. The van der Waals surface area contributed by atoms with Crippen molar-refractivity contribution < 1.29 is 24.3 Å². The van der Waals surface area contributed by atoms with Crippen LogP contribution in [-0.2, 0) is 22.7 Å². The summed E-state index contributed by atoms with van der Waals surface area (Å²) in [4.78, 5) is 45.3. The van der Waals surface area contributed by atoms with Crippen LogP contribution in [-0.4, -0.2) is 56.2 Å². The normalized spacial score (nSPS) is 19.5. The fourth-order valence-electron chi connectivity index (χ4n) is 5.73. The first-order chi connectivity index (χ1) is 23.0. The number of benzene rings is 2. The Labute approximate surface area is 293 Å². The van der Waals surface area contributed by atoms with Gasteiger partial charge in [-0.2, -0.15) is 0 Å². The highest BCUT2D eigenvalue weighted by Gasteiger charge is 2.27. The van der Waals surface area contributed by atoms with Gasteiger partial charge in [0.2, 0.25) is 5.91 Å². The van der Waals surface area contributed by atoms with Crippen molar-refractivity contribution >= 4 is 23.9 Å². The molecule has 0 radical (unpaired) electrons. The number of amides is 5. The maximum Gasteiger partial charge on any atom is 0.329 e. The summed E-state index contributed by atoms with van der Waals surface area (Å²) in [6, 6.07) is 16.1. The Morgan fingerprint density at radius 2 is 1.12 bits per heavy atom. The van der Waals surface area contributed by atoms with Gasteiger partial charge >= 0.3 is 18.0 Å². The molecule has 2 aliphatic rings. The van der Waals surface area contributed by atoms with Crippen molar-refractivity contribution in [1.29, 1.82) is 0 Å². The van der Waals surface area contributed by atoms with Gasteiger partial charge in [-0.3, -0.25) is 15.0 Å². The summed E-state index contributed by atoms with van der Waals surface area (Å²) >= 11 is 0. The van der Waals surface area contributed by atoms with E-state index in [1.165, 1.54) is 16.7 Å². The summed E-state index contributed by atoms with van der Waals surface area (Å²) in [5.41, 5.74) is 15.2. The van der Waals surface area contributed by atoms with Gasteiger partial charge in [-0.05, 0) is 88.2 Å². The zero-order valence-corrected chi connectivity index (χ0v) is 29.1. The van der Waals surface area contributed by atoms with E-state index in [1.807, 2.05) is 0 Å². The molecule has 0 saturated heterocycles. The topological polar surface area (TPSA) is 187 Å². The standard InChI is InChI=1S/C18H27N3O2.C10H19N3O3.C8H11N.CH4/c1-13-3-5-14(6-4-13)11-20-17(22)16-9-7-15(8-10-16)12-21-18(23)19-2;1-11-13-10(16)12-6-7-2-4-8(5-3-7)9(14)15;1-7-2-4-8(6-9)5-3-7;/h3-6,15-16H,7-12H2,1-2H3,(H,20,22)(H2,19,21,23);7-8,11H,2-6H2,1H3,(H,14,15)(H2,12,13,16);2-5H,6,9H2,1H3;1H4. The SMILES string of the molecule is C.CNC(=O)NCC1CCC(C(=O)NCc2ccc(C)cc2)CC1.CNNC(=O)NCC1CCC(C(=O)O)CC1.Cc1ccc(CN)cc1. The Kier molecular flexibility index (Phi) is 21.0. The number of carbonyl (C=O) groups is 4. The van der Waals surface area contributed by atoms with Crippen LogP contribution in [0.4, 0.5) is 9.59 Å². The number of nitrogens with two attached hydrogens (primary N) is 1. The van der Waals surface area contributed by atoms with E-state index in [0.717, 1.165) is 56.9 Å². The van der Waals surface area contributed by atoms with Crippen LogP contribution in [0, 0.1) is 37.5 Å². The fraction of sp³-hybridized carbons (Fsp3) is 0.568. The number of aryl methyl sites for hydroxylation is 2. The number of carboxylic acid groups (broad SMARTS) is 1. The number of hydrazine groups is 1. The summed E-state index contributed by atoms with van der Waals surface area (Å²) in [7, 11) is 3.24. The molecule has 0 spiro atoms. The van der Waals surface area contributed by atoms with Gasteiger partial charge in [0.25, 0.3) is 0 Å². The maximum atomic E-state index is 12.3. The van der Waals surface area contributed by atoms with Crippen molar-refractivity contribution in [2.45, 2.75) is 85.7 Å². The van der Waals surface area contributed by atoms with E-state index >= 15 is 0 Å².